The van der Waals surface area contributed by atoms with Crippen LogP contribution in [0.25, 0.3) is 0 Å². The molecule has 2 aromatic carbocycles. The number of rotatable bonds is 17. The summed E-state index contributed by atoms with van der Waals surface area (Å²) in [5.41, 5.74) is 1.64. The van der Waals surface area contributed by atoms with Crippen LogP contribution >= 0.6 is 7.37 Å². The molecular formula is C36H52N5O7P. The normalized spacial score (nSPS) is 17.4. The molecule has 3 rings (SSSR count). The third-order valence-corrected chi connectivity index (χ3v) is 11.4. The maximum absolute atomic E-state index is 14.5. The number of amides is 5. The zero-order valence-corrected chi connectivity index (χ0v) is 30.4. The van der Waals surface area contributed by atoms with E-state index in [2.05, 4.69) is 16.0 Å². The van der Waals surface area contributed by atoms with Crippen LogP contribution in [0.4, 0.5) is 5.69 Å². The van der Waals surface area contributed by atoms with Gasteiger partial charge >= 0.3 is 0 Å². The number of nitrogens with zero attached hydrogens (tertiary/aromatic N) is 2. The van der Waals surface area contributed by atoms with Crippen molar-refractivity contribution in [3.05, 3.63) is 66.2 Å². The maximum Gasteiger partial charge on any atom is 0.247 e. The van der Waals surface area contributed by atoms with Crippen molar-refractivity contribution in [2.75, 3.05) is 25.3 Å². The lowest BCUT2D eigenvalue weighted by atomic mass is 10.0. The van der Waals surface area contributed by atoms with Gasteiger partial charge in [-0.1, -0.05) is 62.4 Å². The third-order valence-electron chi connectivity index (χ3n) is 8.75. The van der Waals surface area contributed by atoms with Gasteiger partial charge in [0, 0.05) is 32.7 Å². The summed E-state index contributed by atoms with van der Waals surface area (Å²) in [5, 5.41) is 8.26. The first-order valence-corrected chi connectivity index (χ1v) is 18.8. The Morgan fingerprint density at radius 2 is 1.57 bits per heavy atom. The van der Waals surface area contributed by atoms with Crippen molar-refractivity contribution >= 4 is 42.6 Å². The van der Waals surface area contributed by atoms with E-state index in [-0.39, 0.29) is 24.2 Å². The fraction of sp³-hybridized carbons (Fsp3) is 0.528. The molecule has 0 bridgehead atoms. The van der Waals surface area contributed by atoms with Crippen LogP contribution < -0.4 is 16.0 Å². The van der Waals surface area contributed by atoms with Gasteiger partial charge in [-0.05, 0) is 69.6 Å². The molecule has 49 heavy (non-hydrogen) atoms. The first kappa shape index (κ1) is 39.4. The van der Waals surface area contributed by atoms with Crippen molar-refractivity contribution in [3.8, 4) is 0 Å². The SMILES string of the molecule is CO[P@](=O)(CN(C(=O)CCCc1ccccc1)[C@@H](CC(C)C)C(=O)Nc1ccccc1)[C@H](C)NC(=O)[C@H](C)NC(=O)[C@@H]1CCCN1C(C)=O. The van der Waals surface area contributed by atoms with Gasteiger partial charge in [0.25, 0.3) is 0 Å². The number of hydrogen-bond acceptors (Lipinski definition) is 7. The average Bonchev–Trinajstić information content (AvgIpc) is 3.58. The minimum atomic E-state index is -3.85. The van der Waals surface area contributed by atoms with E-state index in [1.807, 2.05) is 50.2 Å². The molecule has 5 atom stereocenters. The Kier molecular flexibility index (Phi) is 15.0. The van der Waals surface area contributed by atoms with E-state index in [4.69, 9.17) is 4.52 Å². The molecular weight excluding hydrogens is 645 g/mol. The molecule has 1 aliphatic heterocycles. The number of anilines is 1. The second kappa shape index (κ2) is 18.7. The topological polar surface area (TPSA) is 154 Å². The standard InChI is InChI=1S/C36H52N5O7P/c1-25(2)23-32(36(46)39-30-18-11-8-12-19-30)41(33(43)21-13-17-29-15-9-7-10-16-29)24-49(47,48-6)27(4)38-34(44)26(3)37-35(45)31-20-14-22-40(31)28(5)42/h7-12,15-16,18-19,25-27,31-32H,13-14,17,20-24H2,1-6H3,(H,37,45)(H,38,44)(H,39,46)/t26-,27+,31-,32-,49+/m0/s1. The lowest BCUT2D eigenvalue weighted by Gasteiger charge is -2.36. The van der Waals surface area contributed by atoms with Crippen LogP contribution in [0.5, 0.6) is 0 Å². The number of carbonyl (C=O) groups is 5. The number of likely N-dealkylation sites (tertiary alicyclic amines) is 1. The summed E-state index contributed by atoms with van der Waals surface area (Å²) in [6, 6.07) is 16.0. The Labute approximate surface area is 290 Å². The van der Waals surface area contributed by atoms with E-state index in [1.54, 1.807) is 24.3 Å². The summed E-state index contributed by atoms with van der Waals surface area (Å²) >= 11 is 0. The minimum Gasteiger partial charge on any atom is -0.343 e. The quantitative estimate of drug-likeness (QED) is 0.202. The first-order valence-electron chi connectivity index (χ1n) is 17.0. The Morgan fingerprint density at radius 3 is 2.16 bits per heavy atom. The summed E-state index contributed by atoms with van der Waals surface area (Å²) in [7, 11) is -2.60. The van der Waals surface area contributed by atoms with Gasteiger partial charge < -0.3 is 30.3 Å². The van der Waals surface area contributed by atoms with Gasteiger partial charge in [-0.2, -0.15) is 0 Å². The highest BCUT2D eigenvalue weighted by molar-refractivity contribution is 7.59. The summed E-state index contributed by atoms with van der Waals surface area (Å²) in [6.07, 6.45) is 2.34. The minimum absolute atomic E-state index is 0.00783. The van der Waals surface area contributed by atoms with Crippen LogP contribution in [0.1, 0.15) is 72.3 Å². The second-order valence-electron chi connectivity index (χ2n) is 13.0. The number of hydrogen-bond donors (Lipinski definition) is 3. The molecule has 268 valence electrons. The smallest absolute Gasteiger partial charge is 0.247 e. The maximum atomic E-state index is 14.5. The summed E-state index contributed by atoms with van der Waals surface area (Å²) < 4.78 is 20.1. The van der Waals surface area contributed by atoms with Crippen molar-refractivity contribution in [2.45, 2.75) is 97.1 Å². The molecule has 0 saturated carbocycles. The van der Waals surface area contributed by atoms with Crippen LogP contribution in [-0.4, -0.2) is 83.2 Å². The predicted octanol–water partition coefficient (Wildman–Crippen LogP) is 4.75. The van der Waals surface area contributed by atoms with E-state index in [9.17, 15) is 28.5 Å². The number of aryl methyl sites for hydroxylation is 1. The second-order valence-corrected chi connectivity index (χ2v) is 15.9. The Hall–Kier alpha value is -4.02. The fourth-order valence-electron chi connectivity index (χ4n) is 5.92. The lowest BCUT2D eigenvalue weighted by molar-refractivity contribution is -0.138. The van der Waals surface area contributed by atoms with E-state index >= 15 is 0 Å². The highest BCUT2D eigenvalue weighted by Gasteiger charge is 2.40. The van der Waals surface area contributed by atoms with Crippen molar-refractivity contribution in [3.63, 3.8) is 0 Å². The molecule has 0 aromatic heterocycles. The van der Waals surface area contributed by atoms with E-state index in [1.165, 1.54) is 37.7 Å². The molecule has 0 radical (unpaired) electrons. The van der Waals surface area contributed by atoms with E-state index < -0.39 is 55.3 Å². The molecule has 0 unspecified atom stereocenters. The molecule has 1 aliphatic rings. The highest BCUT2D eigenvalue weighted by atomic mass is 31.2. The average molecular weight is 698 g/mol. The van der Waals surface area contributed by atoms with Crippen molar-refractivity contribution in [1.29, 1.82) is 0 Å². The molecule has 2 aromatic rings. The van der Waals surface area contributed by atoms with Crippen LogP contribution in [0.3, 0.4) is 0 Å². The van der Waals surface area contributed by atoms with Gasteiger partial charge in [0.2, 0.25) is 36.9 Å². The number of para-hydroxylation sites is 1. The summed E-state index contributed by atoms with van der Waals surface area (Å²) in [4.78, 5) is 68.7. The van der Waals surface area contributed by atoms with Crippen LogP contribution in [-0.2, 0) is 39.5 Å². The van der Waals surface area contributed by atoms with Crippen molar-refractivity contribution in [1.82, 2.24) is 20.4 Å². The Bertz CT molecular complexity index is 1470. The van der Waals surface area contributed by atoms with Gasteiger partial charge in [0.1, 0.15) is 30.2 Å². The number of nitrogens with one attached hydrogen (secondary N) is 3. The zero-order chi connectivity index (χ0) is 36.1. The van der Waals surface area contributed by atoms with Crippen molar-refractivity contribution < 1.29 is 33.1 Å². The molecule has 13 heteroatoms. The van der Waals surface area contributed by atoms with E-state index in [0.717, 1.165) is 5.56 Å². The fourth-order valence-corrected chi connectivity index (χ4v) is 7.70. The third kappa shape index (κ3) is 11.5. The van der Waals surface area contributed by atoms with Gasteiger partial charge in [0.05, 0.1) is 0 Å². The molecule has 0 spiro atoms. The molecule has 1 saturated heterocycles. The van der Waals surface area contributed by atoms with Crippen LogP contribution in [0, 0.1) is 5.92 Å². The molecule has 5 amide bonds. The Balaban J connectivity index is 1.81. The van der Waals surface area contributed by atoms with Crippen LogP contribution in [0.2, 0.25) is 0 Å². The van der Waals surface area contributed by atoms with Crippen LogP contribution in [0.15, 0.2) is 60.7 Å². The molecule has 12 nitrogen and oxygen atoms in total. The molecule has 0 aliphatic carbocycles. The predicted molar refractivity (Wildman–Crippen MR) is 190 cm³/mol. The van der Waals surface area contributed by atoms with Gasteiger partial charge in [-0.15, -0.1) is 0 Å². The summed E-state index contributed by atoms with van der Waals surface area (Å²) in [6.45, 7) is 8.78. The van der Waals surface area contributed by atoms with Gasteiger partial charge in [-0.25, -0.2) is 0 Å². The molecule has 1 fully saturated rings. The molecule has 1 heterocycles. The highest BCUT2D eigenvalue weighted by Crippen LogP contribution is 2.51. The largest absolute Gasteiger partial charge is 0.343 e. The number of carbonyl (C=O) groups excluding carboxylic acids is 5. The Morgan fingerprint density at radius 1 is 0.939 bits per heavy atom. The number of benzene rings is 2. The molecule has 3 N–H and O–H groups in total. The lowest BCUT2D eigenvalue weighted by Crippen LogP contribution is -2.53. The van der Waals surface area contributed by atoms with Gasteiger partial charge in [-0.3, -0.25) is 28.5 Å². The summed E-state index contributed by atoms with van der Waals surface area (Å²) in [5.74, 6) is -3.09. The first-order chi connectivity index (χ1) is 23.2. The van der Waals surface area contributed by atoms with E-state index in [0.29, 0.717) is 44.3 Å². The zero-order valence-electron chi connectivity index (χ0n) is 29.5. The monoisotopic (exact) mass is 697 g/mol. The van der Waals surface area contributed by atoms with Gasteiger partial charge in [0.15, 0.2) is 0 Å². The van der Waals surface area contributed by atoms with Crippen molar-refractivity contribution in [2.24, 2.45) is 5.92 Å².